The molecule has 5 nitrogen and oxygen atoms in total. The topological polar surface area (TPSA) is 83.5 Å². The van der Waals surface area contributed by atoms with Gasteiger partial charge in [0.05, 0.1) is 4.90 Å². The van der Waals surface area contributed by atoms with Gasteiger partial charge in [-0.25, -0.2) is 8.42 Å². The summed E-state index contributed by atoms with van der Waals surface area (Å²) in [6.45, 7) is 0. The van der Waals surface area contributed by atoms with E-state index in [9.17, 15) is 18.3 Å². The summed E-state index contributed by atoms with van der Waals surface area (Å²) in [6.07, 6.45) is 0.238. The molecule has 120 valence electrons. The average Bonchev–Trinajstić information content (AvgIpc) is 3.23. The summed E-state index contributed by atoms with van der Waals surface area (Å²) in [4.78, 5) is 11.7. The van der Waals surface area contributed by atoms with E-state index >= 15 is 0 Å². The first kappa shape index (κ1) is 16.2. The van der Waals surface area contributed by atoms with Crippen LogP contribution < -0.4 is 4.72 Å². The van der Waals surface area contributed by atoms with Crippen LogP contribution in [-0.2, 0) is 14.8 Å². The quantitative estimate of drug-likeness (QED) is 0.814. The molecule has 0 spiro atoms. The van der Waals surface area contributed by atoms with Crippen molar-refractivity contribution in [2.75, 3.05) is 0 Å². The molecule has 3 rings (SSSR count). The number of carboxylic acid groups (broad SMARTS) is 1. The lowest BCUT2D eigenvalue weighted by atomic mass is 10.1. The van der Waals surface area contributed by atoms with Gasteiger partial charge in [0, 0.05) is 10.4 Å². The fraction of sp³-hybridized carbons (Fsp3) is 0.188. The molecule has 7 heteroatoms. The van der Waals surface area contributed by atoms with E-state index in [2.05, 4.69) is 20.7 Å². The van der Waals surface area contributed by atoms with E-state index in [4.69, 9.17) is 0 Å². The van der Waals surface area contributed by atoms with Crippen LogP contribution in [-0.4, -0.2) is 25.0 Å². The highest BCUT2D eigenvalue weighted by atomic mass is 79.9. The zero-order valence-corrected chi connectivity index (χ0v) is 14.3. The maximum absolute atomic E-state index is 12.5. The minimum absolute atomic E-state index is 0.0417. The van der Waals surface area contributed by atoms with Crippen molar-refractivity contribution in [2.24, 2.45) is 0 Å². The van der Waals surface area contributed by atoms with Gasteiger partial charge in [-0.2, -0.15) is 4.72 Å². The highest BCUT2D eigenvalue weighted by Gasteiger charge is 2.63. The molecule has 2 unspecified atom stereocenters. The molecule has 1 fully saturated rings. The number of halogens is 1. The van der Waals surface area contributed by atoms with Crippen molar-refractivity contribution >= 4 is 31.9 Å². The van der Waals surface area contributed by atoms with E-state index in [0.717, 1.165) is 10.0 Å². The first-order valence-corrected chi connectivity index (χ1v) is 9.21. The van der Waals surface area contributed by atoms with Crippen LogP contribution in [0.1, 0.15) is 17.9 Å². The Labute approximate surface area is 142 Å². The van der Waals surface area contributed by atoms with Crippen molar-refractivity contribution in [2.45, 2.75) is 22.8 Å². The van der Waals surface area contributed by atoms with Crippen LogP contribution in [0.5, 0.6) is 0 Å². The summed E-state index contributed by atoms with van der Waals surface area (Å²) in [6, 6.07) is 15.1. The number of aliphatic carboxylic acids is 1. The van der Waals surface area contributed by atoms with Gasteiger partial charge >= 0.3 is 5.97 Å². The molecule has 0 bridgehead atoms. The summed E-state index contributed by atoms with van der Waals surface area (Å²) in [7, 11) is -3.91. The van der Waals surface area contributed by atoms with Gasteiger partial charge < -0.3 is 5.11 Å². The first-order chi connectivity index (χ1) is 10.8. The molecule has 2 aromatic carbocycles. The number of sulfonamides is 1. The molecule has 0 saturated heterocycles. The Kier molecular flexibility index (Phi) is 4.03. The number of carboxylic acids is 1. The summed E-state index contributed by atoms with van der Waals surface area (Å²) in [5.41, 5.74) is -0.666. The molecule has 1 aliphatic rings. The Hall–Kier alpha value is -1.70. The summed E-state index contributed by atoms with van der Waals surface area (Å²) >= 11 is 3.24. The Morgan fingerprint density at radius 3 is 2.30 bits per heavy atom. The number of hydrogen-bond donors (Lipinski definition) is 2. The molecule has 0 amide bonds. The second kappa shape index (κ2) is 5.74. The van der Waals surface area contributed by atoms with E-state index in [1.54, 1.807) is 12.1 Å². The lowest BCUT2D eigenvalue weighted by molar-refractivity contribution is -0.140. The van der Waals surface area contributed by atoms with Gasteiger partial charge in [0.2, 0.25) is 10.0 Å². The molecular weight excluding hydrogens is 382 g/mol. The second-order valence-corrected chi connectivity index (χ2v) is 8.10. The SMILES string of the molecule is O=C(O)C1(NS(=O)(=O)c2ccc(Br)cc2)CC1c1ccccc1. The van der Waals surface area contributed by atoms with Gasteiger partial charge in [-0.15, -0.1) is 0 Å². The van der Waals surface area contributed by atoms with E-state index in [1.807, 2.05) is 30.3 Å². The van der Waals surface area contributed by atoms with Crippen molar-refractivity contribution in [3.05, 3.63) is 64.6 Å². The standard InChI is InChI=1S/C16H14BrNO4S/c17-12-6-8-13(9-7-12)23(21,22)18-16(15(19)20)10-14(16)11-4-2-1-3-5-11/h1-9,14,18H,10H2,(H,19,20). The molecule has 2 N–H and O–H groups in total. The average molecular weight is 396 g/mol. The van der Waals surface area contributed by atoms with Crippen molar-refractivity contribution in [1.82, 2.24) is 4.72 Å². The van der Waals surface area contributed by atoms with Crippen LogP contribution in [0.3, 0.4) is 0 Å². The van der Waals surface area contributed by atoms with Crippen LogP contribution in [0.4, 0.5) is 0 Å². The van der Waals surface area contributed by atoms with Gasteiger partial charge in [-0.05, 0) is 36.2 Å². The second-order valence-electron chi connectivity index (χ2n) is 5.50. The maximum atomic E-state index is 12.5. The van der Waals surface area contributed by atoms with Crippen LogP contribution in [0.15, 0.2) is 64.0 Å². The van der Waals surface area contributed by atoms with Gasteiger partial charge in [0.25, 0.3) is 0 Å². The Morgan fingerprint density at radius 2 is 1.74 bits per heavy atom. The summed E-state index contributed by atoms with van der Waals surface area (Å²) < 4.78 is 28.1. The van der Waals surface area contributed by atoms with Crippen molar-refractivity contribution in [1.29, 1.82) is 0 Å². The highest BCUT2D eigenvalue weighted by Crippen LogP contribution is 2.52. The predicted octanol–water partition coefficient (Wildman–Crippen LogP) is 2.74. The van der Waals surface area contributed by atoms with Gasteiger partial charge in [0.1, 0.15) is 5.54 Å². The van der Waals surface area contributed by atoms with Crippen LogP contribution in [0, 0.1) is 0 Å². The monoisotopic (exact) mass is 395 g/mol. The molecule has 23 heavy (non-hydrogen) atoms. The Morgan fingerprint density at radius 1 is 1.13 bits per heavy atom. The molecule has 0 radical (unpaired) electrons. The van der Waals surface area contributed by atoms with Crippen LogP contribution >= 0.6 is 15.9 Å². The largest absolute Gasteiger partial charge is 0.480 e. The van der Waals surface area contributed by atoms with E-state index in [0.29, 0.717) is 0 Å². The summed E-state index contributed by atoms with van der Waals surface area (Å²) in [5, 5.41) is 9.56. The molecule has 1 saturated carbocycles. The van der Waals surface area contributed by atoms with Crippen molar-refractivity contribution in [3.8, 4) is 0 Å². The minimum atomic E-state index is -3.91. The van der Waals surface area contributed by atoms with E-state index in [-0.39, 0.29) is 17.2 Å². The van der Waals surface area contributed by atoms with Crippen molar-refractivity contribution < 1.29 is 18.3 Å². The lowest BCUT2D eigenvalue weighted by Crippen LogP contribution is -2.44. The normalized spacial score (nSPS) is 23.4. The number of nitrogens with one attached hydrogen (secondary N) is 1. The smallest absolute Gasteiger partial charge is 0.325 e. The predicted molar refractivity (Wildman–Crippen MR) is 88.6 cm³/mol. The molecule has 0 heterocycles. The fourth-order valence-corrected chi connectivity index (χ4v) is 4.33. The number of carbonyl (C=O) groups is 1. The van der Waals surface area contributed by atoms with Gasteiger partial charge in [-0.3, -0.25) is 4.79 Å². The minimum Gasteiger partial charge on any atom is -0.480 e. The van der Waals surface area contributed by atoms with Gasteiger partial charge in [-0.1, -0.05) is 46.3 Å². The number of rotatable bonds is 5. The maximum Gasteiger partial charge on any atom is 0.325 e. The highest BCUT2D eigenvalue weighted by molar-refractivity contribution is 9.10. The third-order valence-corrected chi connectivity index (χ3v) is 6.04. The number of hydrogen-bond acceptors (Lipinski definition) is 3. The Bertz CT molecular complexity index is 836. The molecule has 0 aliphatic heterocycles. The lowest BCUT2D eigenvalue weighted by Gasteiger charge is -2.15. The van der Waals surface area contributed by atoms with Gasteiger partial charge in [0.15, 0.2) is 0 Å². The molecule has 0 aromatic heterocycles. The third kappa shape index (κ3) is 3.04. The zero-order valence-electron chi connectivity index (χ0n) is 11.9. The zero-order chi connectivity index (χ0) is 16.7. The fourth-order valence-electron chi connectivity index (χ4n) is 2.66. The van der Waals surface area contributed by atoms with E-state index < -0.39 is 21.5 Å². The van der Waals surface area contributed by atoms with Crippen LogP contribution in [0.25, 0.3) is 0 Å². The van der Waals surface area contributed by atoms with Crippen molar-refractivity contribution in [3.63, 3.8) is 0 Å². The Balaban J connectivity index is 1.90. The molecule has 2 aromatic rings. The van der Waals surface area contributed by atoms with Crippen LogP contribution in [0.2, 0.25) is 0 Å². The molecular formula is C16H14BrNO4S. The summed E-state index contributed by atoms with van der Waals surface area (Å²) in [5.74, 6) is -1.53. The first-order valence-electron chi connectivity index (χ1n) is 6.93. The third-order valence-electron chi connectivity index (χ3n) is 3.98. The number of benzene rings is 2. The molecule has 2 atom stereocenters. The van der Waals surface area contributed by atoms with E-state index in [1.165, 1.54) is 12.1 Å². The molecule has 1 aliphatic carbocycles.